The van der Waals surface area contributed by atoms with Crippen molar-refractivity contribution in [1.82, 2.24) is 10.6 Å². The summed E-state index contributed by atoms with van der Waals surface area (Å²) in [6.45, 7) is 4.03. The van der Waals surface area contributed by atoms with E-state index >= 15 is 0 Å². The fourth-order valence-corrected chi connectivity index (χ4v) is 2.91. The molecule has 5 heteroatoms. The molecular formula is C13H16BrClN2O. The third-order valence-corrected chi connectivity index (χ3v) is 4.08. The summed E-state index contributed by atoms with van der Waals surface area (Å²) < 4.78 is 0.874. The van der Waals surface area contributed by atoms with Crippen molar-refractivity contribution in [1.29, 1.82) is 0 Å². The Morgan fingerprint density at radius 1 is 1.56 bits per heavy atom. The standard InChI is InChI=1S/C13H16BrClN2O/c1-8-7-16-5-4-12(8)17-13(18)10-3-2-9(14)6-11(10)15/h2-3,6,8,12,16H,4-5,7H2,1H3,(H,17,18). The van der Waals surface area contributed by atoms with E-state index in [1.165, 1.54) is 0 Å². The highest BCUT2D eigenvalue weighted by atomic mass is 79.9. The first-order valence-electron chi connectivity index (χ1n) is 6.04. The summed E-state index contributed by atoms with van der Waals surface area (Å²) >= 11 is 9.40. The average Bonchev–Trinajstić information content (AvgIpc) is 2.32. The number of nitrogens with one attached hydrogen (secondary N) is 2. The summed E-state index contributed by atoms with van der Waals surface area (Å²) in [4.78, 5) is 12.2. The predicted molar refractivity (Wildman–Crippen MR) is 77.1 cm³/mol. The van der Waals surface area contributed by atoms with Gasteiger partial charge in [0.25, 0.3) is 5.91 Å². The van der Waals surface area contributed by atoms with Crippen LogP contribution in [0.5, 0.6) is 0 Å². The number of rotatable bonds is 2. The van der Waals surface area contributed by atoms with E-state index in [0.29, 0.717) is 16.5 Å². The van der Waals surface area contributed by atoms with Crippen LogP contribution in [0.4, 0.5) is 0 Å². The number of amides is 1. The van der Waals surface area contributed by atoms with E-state index < -0.39 is 0 Å². The second kappa shape index (κ2) is 6.04. The molecule has 0 aliphatic carbocycles. The Balaban J connectivity index is 2.07. The zero-order valence-electron chi connectivity index (χ0n) is 10.2. The molecule has 0 aromatic heterocycles. The monoisotopic (exact) mass is 330 g/mol. The van der Waals surface area contributed by atoms with Gasteiger partial charge in [0, 0.05) is 10.5 Å². The normalized spacial score (nSPS) is 23.7. The van der Waals surface area contributed by atoms with Crippen LogP contribution in [0.3, 0.4) is 0 Å². The van der Waals surface area contributed by atoms with Gasteiger partial charge in [0.1, 0.15) is 0 Å². The van der Waals surface area contributed by atoms with Gasteiger partial charge in [-0.1, -0.05) is 34.5 Å². The first-order chi connectivity index (χ1) is 8.58. The second-order valence-electron chi connectivity index (χ2n) is 4.67. The molecule has 1 saturated heterocycles. The molecule has 2 rings (SSSR count). The van der Waals surface area contributed by atoms with E-state index in [-0.39, 0.29) is 11.9 Å². The van der Waals surface area contributed by atoms with Crippen molar-refractivity contribution in [3.63, 3.8) is 0 Å². The summed E-state index contributed by atoms with van der Waals surface area (Å²) in [6.07, 6.45) is 0.959. The van der Waals surface area contributed by atoms with Crippen molar-refractivity contribution < 1.29 is 4.79 Å². The predicted octanol–water partition coefficient (Wildman–Crippen LogP) is 2.83. The average molecular weight is 332 g/mol. The number of hydrogen-bond donors (Lipinski definition) is 2. The van der Waals surface area contributed by atoms with Crippen LogP contribution in [-0.4, -0.2) is 25.0 Å². The van der Waals surface area contributed by atoms with Crippen LogP contribution in [0.1, 0.15) is 23.7 Å². The van der Waals surface area contributed by atoms with Gasteiger partial charge in [-0.25, -0.2) is 0 Å². The quantitative estimate of drug-likeness (QED) is 0.875. The molecule has 2 N–H and O–H groups in total. The Hall–Kier alpha value is -0.580. The van der Waals surface area contributed by atoms with E-state index in [2.05, 4.69) is 33.5 Å². The molecule has 0 radical (unpaired) electrons. The first-order valence-corrected chi connectivity index (χ1v) is 7.21. The van der Waals surface area contributed by atoms with E-state index in [0.717, 1.165) is 24.0 Å². The lowest BCUT2D eigenvalue weighted by atomic mass is 9.95. The number of halogens is 2. The van der Waals surface area contributed by atoms with Crippen LogP contribution >= 0.6 is 27.5 Å². The summed E-state index contributed by atoms with van der Waals surface area (Å²) in [5, 5.41) is 6.85. The first kappa shape index (κ1) is 13.8. The Bertz CT molecular complexity index is 453. The van der Waals surface area contributed by atoms with Gasteiger partial charge in [-0.05, 0) is 43.6 Å². The van der Waals surface area contributed by atoms with Gasteiger partial charge in [0.15, 0.2) is 0 Å². The highest BCUT2D eigenvalue weighted by Crippen LogP contribution is 2.22. The van der Waals surface area contributed by atoms with Crippen LogP contribution in [-0.2, 0) is 0 Å². The maximum absolute atomic E-state index is 12.2. The number of benzene rings is 1. The van der Waals surface area contributed by atoms with E-state index in [4.69, 9.17) is 11.6 Å². The lowest BCUT2D eigenvalue weighted by Crippen LogP contribution is -2.48. The lowest BCUT2D eigenvalue weighted by molar-refractivity contribution is 0.0914. The molecule has 1 aliphatic rings. The number of hydrogen-bond acceptors (Lipinski definition) is 2. The van der Waals surface area contributed by atoms with Crippen LogP contribution in [0.15, 0.2) is 22.7 Å². The molecule has 3 nitrogen and oxygen atoms in total. The second-order valence-corrected chi connectivity index (χ2v) is 6.00. The Morgan fingerprint density at radius 3 is 3.00 bits per heavy atom. The number of carbonyl (C=O) groups excluding carboxylic acids is 1. The SMILES string of the molecule is CC1CNCCC1NC(=O)c1ccc(Br)cc1Cl. The van der Waals surface area contributed by atoms with Crippen molar-refractivity contribution in [3.8, 4) is 0 Å². The van der Waals surface area contributed by atoms with Crippen molar-refractivity contribution in [2.24, 2.45) is 5.92 Å². The molecular weight excluding hydrogens is 316 g/mol. The fourth-order valence-electron chi connectivity index (χ4n) is 2.15. The molecule has 0 saturated carbocycles. The van der Waals surface area contributed by atoms with Crippen LogP contribution in [0.25, 0.3) is 0 Å². The highest BCUT2D eigenvalue weighted by molar-refractivity contribution is 9.10. The van der Waals surface area contributed by atoms with Gasteiger partial charge in [-0.3, -0.25) is 4.79 Å². The highest BCUT2D eigenvalue weighted by Gasteiger charge is 2.23. The summed E-state index contributed by atoms with van der Waals surface area (Å²) in [6, 6.07) is 5.53. The lowest BCUT2D eigenvalue weighted by Gasteiger charge is -2.30. The molecule has 2 atom stereocenters. The Kier molecular flexibility index (Phi) is 4.65. The van der Waals surface area contributed by atoms with E-state index in [9.17, 15) is 4.79 Å². The van der Waals surface area contributed by atoms with Gasteiger partial charge in [-0.2, -0.15) is 0 Å². The van der Waals surface area contributed by atoms with Crippen molar-refractivity contribution >= 4 is 33.4 Å². The molecule has 0 spiro atoms. The minimum absolute atomic E-state index is 0.0914. The van der Waals surface area contributed by atoms with E-state index in [1.807, 2.05) is 6.07 Å². The van der Waals surface area contributed by atoms with Gasteiger partial charge in [-0.15, -0.1) is 0 Å². The topological polar surface area (TPSA) is 41.1 Å². The van der Waals surface area contributed by atoms with Gasteiger partial charge >= 0.3 is 0 Å². The maximum atomic E-state index is 12.2. The van der Waals surface area contributed by atoms with Gasteiger partial charge in [0.2, 0.25) is 0 Å². The molecule has 18 heavy (non-hydrogen) atoms. The van der Waals surface area contributed by atoms with E-state index in [1.54, 1.807) is 12.1 Å². The number of piperidine rings is 1. The molecule has 1 amide bonds. The van der Waals surface area contributed by atoms with Crippen LogP contribution in [0.2, 0.25) is 5.02 Å². The molecule has 1 heterocycles. The zero-order valence-corrected chi connectivity index (χ0v) is 12.5. The van der Waals surface area contributed by atoms with Crippen LogP contribution in [0, 0.1) is 5.92 Å². The molecule has 98 valence electrons. The van der Waals surface area contributed by atoms with Gasteiger partial charge in [0.05, 0.1) is 10.6 Å². The van der Waals surface area contributed by atoms with Gasteiger partial charge < -0.3 is 10.6 Å². The largest absolute Gasteiger partial charge is 0.349 e. The zero-order chi connectivity index (χ0) is 13.1. The summed E-state index contributed by atoms with van der Waals surface area (Å²) in [5.41, 5.74) is 0.533. The Labute approximate surface area is 120 Å². The third kappa shape index (κ3) is 3.25. The minimum Gasteiger partial charge on any atom is -0.349 e. The minimum atomic E-state index is -0.0914. The Morgan fingerprint density at radius 2 is 2.33 bits per heavy atom. The van der Waals surface area contributed by atoms with Crippen molar-refractivity contribution in [2.45, 2.75) is 19.4 Å². The van der Waals surface area contributed by atoms with Crippen LogP contribution < -0.4 is 10.6 Å². The molecule has 1 aromatic carbocycles. The smallest absolute Gasteiger partial charge is 0.253 e. The molecule has 0 bridgehead atoms. The van der Waals surface area contributed by atoms with Crippen molar-refractivity contribution in [3.05, 3.63) is 33.3 Å². The summed E-state index contributed by atoms with van der Waals surface area (Å²) in [5.74, 6) is 0.350. The summed E-state index contributed by atoms with van der Waals surface area (Å²) in [7, 11) is 0. The molecule has 1 aliphatic heterocycles. The molecule has 1 fully saturated rings. The third-order valence-electron chi connectivity index (χ3n) is 3.28. The maximum Gasteiger partial charge on any atom is 0.253 e. The number of carbonyl (C=O) groups is 1. The van der Waals surface area contributed by atoms with Crippen molar-refractivity contribution in [2.75, 3.05) is 13.1 Å². The fraction of sp³-hybridized carbons (Fsp3) is 0.462. The molecule has 2 unspecified atom stereocenters. The molecule has 1 aromatic rings.